The Hall–Kier alpha value is -1.35. The van der Waals surface area contributed by atoms with Gasteiger partial charge in [-0.1, -0.05) is 32.9 Å². The smallest absolute Gasteiger partial charge is 0.251 e. The molecule has 1 heterocycles. The van der Waals surface area contributed by atoms with Crippen LogP contribution in [0.4, 0.5) is 0 Å². The Bertz CT molecular complexity index is 468. The lowest BCUT2D eigenvalue weighted by Gasteiger charge is -2.28. The second-order valence-electron chi connectivity index (χ2n) is 5.79. The summed E-state index contributed by atoms with van der Waals surface area (Å²) in [6.45, 7) is 7.48. The van der Waals surface area contributed by atoms with E-state index in [4.69, 9.17) is 0 Å². The number of fused-ring (bicyclic) bond motifs is 1. The van der Waals surface area contributed by atoms with Gasteiger partial charge in [0.25, 0.3) is 5.91 Å². The SMILES string of the molecule is CNC(c1ccc2c(c1)C(=O)NCC2)C(C)C(C)C. The molecule has 19 heavy (non-hydrogen) atoms. The quantitative estimate of drug-likeness (QED) is 0.873. The van der Waals surface area contributed by atoms with Crippen molar-refractivity contribution in [3.63, 3.8) is 0 Å². The van der Waals surface area contributed by atoms with Crippen molar-refractivity contribution >= 4 is 5.91 Å². The highest BCUT2D eigenvalue weighted by Crippen LogP contribution is 2.29. The molecule has 1 aliphatic rings. The maximum absolute atomic E-state index is 11.9. The molecule has 1 aromatic rings. The van der Waals surface area contributed by atoms with Gasteiger partial charge in [-0.15, -0.1) is 0 Å². The molecule has 0 aromatic heterocycles. The minimum atomic E-state index is 0.0650. The molecule has 0 saturated carbocycles. The van der Waals surface area contributed by atoms with Crippen LogP contribution in [-0.2, 0) is 6.42 Å². The normalized spacial score (nSPS) is 17.8. The van der Waals surface area contributed by atoms with Crippen LogP contribution in [0.3, 0.4) is 0 Å². The second-order valence-corrected chi connectivity index (χ2v) is 5.79. The molecular formula is C16H24N2O. The van der Waals surface area contributed by atoms with Gasteiger partial charge >= 0.3 is 0 Å². The molecule has 0 aliphatic carbocycles. The van der Waals surface area contributed by atoms with Gasteiger partial charge in [0.1, 0.15) is 0 Å². The highest BCUT2D eigenvalue weighted by Gasteiger charge is 2.23. The number of rotatable bonds is 4. The van der Waals surface area contributed by atoms with Crippen LogP contribution >= 0.6 is 0 Å². The average molecular weight is 260 g/mol. The summed E-state index contributed by atoms with van der Waals surface area (Å²) in [6.07, 6.45) is 0.936. The summed E-state index contributed by atoms with van der Waals surface area (Å²) >= 11 is 0. The first-order valence-corrected chi connectivity index (χ1v) is 7.13. The number of amides is 1. The molecule has 104 valence electrons. The molecule has 2 atom stereocenters. The van der Waals surface area contributed by atoms with E-state index in [9.17, 15) is 4.79 Å². The molecule has 0 bridgehead atoms. The zero-order valence-corrected chi connectivity index (χ0v) is 12.3. The summed E-state index contributed by atoms with van der Waals surface area (Å²) in [5, 5.41) is 6.30. The van der Waals surface area contributed by atoms with Gasteiger partial charge in [-0.2, -0.15) is 0 Å². The van der Waals surface area contributed by atoms with Crippen molar-refractivity contribution in [2.45, 2.75) is 33.2 Å². The Balaban J connectivity index is 2.34. The van der Waals surface area contributed by atoms with Crippen LogP contribution in [0, 0.1) is 11.8 Å². The fraction of sp³-hybridized carbons (Fsp3) is 0.562. The van der Waals surface area contributed by atoms with E-state index in [1.807, 2.05) is 7.05 Å². The van der Waals surface area contributed by atoms with E-state index in [0.29, 0.717) is 17.9 Å². The molecule has 1 aliphatic heterocycles. The molecule has 0 radical (unpaired) electrons. The van der Waals surface area contributed by atoms with Crippen molar-refractivity contribution in [3.8, 4) is 0 Å². The molecule has 3 nitrogen and oxygen atoms in total. The first kappa shape index (κ1) is 14.1. The minimum Gasteiger partial charge on any atom is -0.352 e. The van der Waals surface area contributed by atoms with Crippen LogP contribution in [0.2, 0.25) is 0 Å². The molecule has 1 aromatic carbocycles. The Morgan fingerprint density at radius 3 is 2.63 bits per heavy atom. The predicted molar refractivity (Wildman–Crippen MR) is 78.3 cm³/mol. The van der Waals surface area contributed by atoms with E-state index < -0.39 is 0 Å². The van der Waals surface area contributed by atoms with Gasteiger partial charge in [0.2, 0.25) is 0 Å². The first-order chi connectivity index (χ1) is 9.04. The van der Waals surface area contributed by atoms with Crippen LogP contribution < -0.4 is 10.6 Å². The molecule has 2 rings (SSSR count). The summed E-state index contributed by atoms with van der Waals surface area (Å²) in [5.41, 5.74) is 3.22. The zero-order chi connectivity index (χ0) is 14.0. The van der Waals surface area contributed by atoms with E-state index in [-0.39, 0.29) is 5.91 Å². The van der Waals surface area contributed by atoms with Crippen molar-refractivity contribution in [1.29, 1.82) is 0 Å². The third-order valence-corrected chi connectivity index (χ3v) is 4.31. The third-order valence-electron chi connectivity index (χ3n) is 4.31. The molecule has 0 saturated heterocycles. The van der Waals surface area contributed by atoms with Crippen LogP contribution in [0.25, 0.3) is 0 Å². The van der Waals surface area contributed by atoms with Gasteiger partial charge in [0, 0.05) is 18.2 Å². The summed E-state index contributed by atoms with van der Waals surface area (Å²) in [4.78, 5) is 11.9. The first-order valence-electron chi connectivity index (χ1n) is 7.13. The highest BCUT2D eigenvalue weighted by atomic mass is 16.1. The summed E-state index contributed by atoms with van der Waals surface area (Å²) in [6, 6.07) is 6.63. The molecule has 1 amide bonds. The largest absolute Gasteiger partial charge is 0.352 e. The summed E-state index contributed by atoms with van der Waals surface area (Å²) in [5.74, 6) is 1.19. The van der Waals surface area contributed by atoms with E-state index in [0.717, 1.165) is 18.5 Å². The number of carbonyl (C=O) groups excluding carboxylic acids is 1. The minimum absolute atomic E-state index is 0.0650. The number of nitrogens with one attached hydrogen (secondary N) is 2. The van der Waals surface area contributed by atoms with Gasteiger partial charge in [0.15, 0.2) is 0 Å². The van der Waals surface area contributed by atoms with Crippen LogP contribution in [0.1, 0.15) is 48.3 Å². The van der Waals surface area contributed by atoms with Crippen molar-refractivity contribution in [2.24, 2.45) is 11.8 Å². The van der Waals surface area contributed by atoms with Gasteiger partial charge in [-0.25, -0.2) is 0 Å². The van der Waals surface area contributed by atoms with Gasteiger partial charge in [-0.3, -0.25) is 4.79 Å². The summed E-state index contributed by atoms with van der Waals surface area (Å²) < 4.78 is 0. The fourth-order valence-corrected chi connectivity index (χ4v) is 2.74. The lowest BCUT2D eigenvalue weighted by atomic mass is 9.84. The maximum atomic E-state index is 11.9. The van der Waals surface area contributed by atoms with Crippen molar-refractivity contribution in [2.75, 3.05) is 13.6 Å². The van der Waals surface area contributed by atoms with Crippen molar-refractivity contribution in [1.82, 2.24) is 10.6 Å². The van der Waals surface area contributed by atoms with Gasteiger partial charge in [0.05, 0.1) is 0 Å². The molecule has 0 spiro atoms. The standard InChI is InChI=1S/C16H24N2O/c1-10(2)11(3)15(17-4)13-6-5-12-7-8-18-16(19)14(12)9-13/h5-6,9-11,15,17H,7-8H2,1-4H3,(H,18,19). The van der Waals surface area contributed by atoms with Gasteiger partial charge in [-0.05, 0) is 42.5 Å². The Morgan fingerprint density at radius 2 is 2.00 bits per heavy atom. The molecule has 2 N–H and O–H groups in total. The average Bonchev–Trinajstić information content (AvgIpc) is 2.40. The number of hydrogen-bond acceptors (Lipinski definition) is 2. The van der Waals surface area contributed by atoms with Crippen LogP contribution in [0.15, 0.2) is 18.2 Å². The maximum Gasteiger partial charge on any atom is 0.251 e. The molecule has 3 heteroatoms. The van der Waals surface area contributed by atoms with Crippen LogP contribution in [-0.4, -0.2) is 19.5 Å². The summed E-state index contributed by atoms with van der Waals surface area (Å²) in [7, 11) is 1.99. The van der Waals surface area contributed by atoms with E-state index >= 15 is 0 Å². The van der Waals surface area contributed by atoms with Crippen molar-refractivity contribution in [3.05, 3.63) is 34.9 Å². The highest BCUT2D eigenvalue weighted by molar-refractivity contribution is 5.96. The number of benzene rings is 1. The van der Waals surface area contributed by atoms with E-state index in [1.54, 1.807) is 0 Å². The van der Waals surface area contributed by atoms with Gasteiger partial charge < -0.3 is 10.6 Å². The molecular weight excluding hydrogens is 236 g/mol. The molecule has 2 unspecified atom stereocenters. The van der Waals surface area contributed by atoms with E-state index in [1.165, 1.54) is 11.1 Å². The Morgan fingerprint density at radius 1 is 1.26 bits per heavy atom. The number of hydrogen-bond donors (Lipinski definition) is 2. The number of carbonyl (C=O) groups is 1. The third kappa shape index (κ3) is 2.81. The van der Waals surface area contributed by atoms with Crippen LogP contribution in [0.5, 0.6) is 0 Å². The topological polar surface area (TPSA) is 41.1 Å². The Labute approximate surface area is 115 Å². The second kappa shape index (κ2) is 5.74. The van der Waals surface area contributed by atoms with E-state index in [2.05, 4.69) is 49.6 Å². The monoisotopic (exact) mass is 260 g/mol. The van der Waals surface area contributed by atoms with Crippen molar-refractivity contribution < 1.29 is 4.79 Å². The fourth-order valence-electron chi connectivity index (χ4n) is 2.74. The predicted octanol–water partition coefficient (Wildman–Crippen LogP) is 2.53. The zero-order valence-electron chi connectivity index (χ0n) is 12.3. The lowest BCUT2D eigenvalue weighted by molar-refractivity contribution is 0.0946. The lowest BCUT2D eigenvalue weighted by Crippen LogP contribution is -2.33. The Kier molecular flexibility index (Phi) is 4.25. The molecule has 0 fully saturated rings.